The molecule has 2 unspecified atom stereocenters. The van der Waals surface area contributed by atoms with Crippen LogP contribution in [0, 0.1) is 13.8 Å². The Balaban J connectivity index is 1.27. The topological polar surface area (TPSA) is 9.72 Å². The van der Waals surface area contributed by atoms with Crippen molar-refractivity contribution >= 4 is 68.6 Å². The molecule has 0 N–H and O–H groups in total. The quantitative estimate of drug-likeness (QED) is 0.165. The van der Waals surface area contributed by atoms with Crippen LogP contribution >= 0.6 is 0 Å². The number of anilines is 8. The fourth-order valence-corrected chi connectivity index (χ4v) is 11.7. The lowest BCUT2D eigenvalue weighted by molar-refractivity contribution is 0.330. The van der Waals surface area contributed by atoms with E-state index in [4.69, 9.17) is 0 Å². The van der Waals surface area contributed by atoms with Gasteiger partial charge in [0.25, 0.3) is 6.71 Å². The summed E-state index contributed by atoms with van der Waals surface area (Å²) in [6, 6.07) is 45.6. The average Bonchev–Trinajstić information content (AvgIpc) is 3.60. The first kappa shape index (κ1) is 39.9. The zero-order valence-electron chi connectivity index (χ0n) is 39.0. The molecule has 0 bridgehead atoms. The molecule has 3 aliphatic heterocycles. The highest BCUT2D eigenvalue weighted by atomic mass is 15.3. The van der Waals surface area contributed by atoms with Gasteiger partial charge in [-0.1, -0.05) is 136 Å². The van der Waals surface area contributed by atoms with E-state index in [1.54, 1.807) is 0 Å². The van der Waals surface area contributed by atoms with Gasteiger partial charge >= 0.3 is 0 Å². The van der Waals surface area contributed by atoms with E-state index in [1.165, 1.54) is 115 Å². The van der Waals surface area contributed by atoms with Crippen LogP contribution in [0.5, 0.6) is 0 Å². The van der Waals surface area contributed by atoms with Crippen molar-refractivity contribution in [1.82, 2.24) is 0 Å². The van der Waals surface area contributed by atoms with Crippen molar-refractivity contribution in [3.05, 3.63) is 149 Å². The third-order valence-corrected chi connectivity index (χ3v) is 15.4. The number of aryl methyl sites for hydroxylation is 2. The van der Waals surface area contributed by atoms with Crippen LogP contribution in [0.1, 0.15) is 129 Å². The number of hydrogen-bond acceptors (Lipinski definition) is 3. The maximum absolute atomic E-state index is 2.73. The normalized spacial score (nSPS) is 20.3. The first-order chi connectivity index (χ1) is 28.7. The molecule has 1 fully saturated rings. The summed E-state index contributed by atoms with van der Waals surface area (Å²) in [7, 11) is 0. The summed E-state index contributed by atoms with van der Waals surface area (Å²) in [4.78, 5) is 7.93. The summed E-state index contributed by atoms with van der Waals surface area (Å²) in [5.74, 6) is 0. The van der Waals surface area contributed by atoms with E-state index in [0.29, 0.717) is 0 Å². The average molecular weight is 802 g/mol. The maximum Gasteiger partial charge on any atom is 0.252 e. The van der Waals surface area contributed by atoms with Crippen molar-refractivity contribution in [2.45, 2.75) is 136 Å². The zero-order chi connectivity index (χ0) is 43.2. The van der Waals surface area contributed by atoms with E-state index < -0.39 is 0 Å². The van der Waals surface area contributed by atoms with Crippen LogP contribution in [-0.4, -0.2) is 12.3 Å². The molecule has 310 valence electrons. The Morgan fingerprint density at radius 1 is 0.492 bits per heavy atom. The molecule has 1 aliphatic carbocycles. The molecule has 0 aromatic heterocycles. The minimum absolute atomic E-state index is 0.00473. The van der Waals surface area contributed by atoms with Crippen LogP contribution in [0.4, 0.5) is 45.5 Å². The number of benzene rings is 6. The van der Waals surface area contributed by atoms with Crippen LogP contribution in [-0.2, 0) is 21.7 Å². The third kappa shape index (κ3) is 5.83. The first-order valence-electron chi connectivity index (χ1n) is 22.9. The van der Waals surface area contributed by atoms with Gasteiger partial charge in [0.15, 0.2) is 0 Å². The summed E-state index contributed by atoms with van der Waals surface area (Å²) < 4.78 is 0. The van der Waals surface area contributed by atoms with E-state index in [9.17, 15) is 0 Å². The SMILES string of the molecule is Cc1cc2c3c(c1)N(c1ccc(C(C)(C)C)cc1C)c1ccc(C(C)(C)C)cc1B3c1ccc(N3c4ccccc4C4(C)CCCC34C)cc1N2c1ccc(C(C)(C)C)cc1. The maximum atomic E-state index is 2.73. The lowest BCUT2D eigenvalue weighted by atomic mass is 9.33. The monoisotopic (exact) mass is 802 g/mol. The highest BCUT2D eigenvalue weighted by molar-refractivity contribution is 7.00. The molecule has 3 nitrogen and oxygen atoms in total. The Morgan fingerprint density at radius 3 is 1.74 bits per heavy atom. The van der Waals surface area contributed by atoms with Gasteiger partial charge in [-0.25, -0.2) is 0 Å². The molecule has 6 aromatic carbocycles. The predicted octanol–water partition coefficient (Wildman–Crippen LogP) is 13.6. The van der Waals surface area contributed by atoms with Crippen molar-refractivity contribution < 1.29 is 0 Å². The van der Waals surface area contributed by atoms with Crippen LogP contribution in [0.3, 0.4) is 0 Å². The van der Waals surface area contributed by atoms with Gasteiger partial charge in [0, 0.05) is 50.9 Å². The Hall–Kier alpha value is -5.22. The second-order valence-corrected chi connectivity index (χ2v) is 22.4. The van der Waals surface area contributed by atoms with Crippen molar-refractivity contribution in [2.75, 3.05) is 14.7 Å². The molecule has 1 saturated carbocycles. The van der Waals surface area contributed by atoms with Gasteiger partial charge < -0.3 is 14.7 Å². The molecule has 2 atom stereocenters. The summed E-state index contributed by atoms with van der Waals surface area (Å²) in [6.45, 7) is 30.6. The zero-order valence-corrected chi connectivity index (χ0v) is 39.0. The van der Waals surface area contributed by atoms with Crippen molar-refractivity contribution in [1.29, 1.82) is 0 Å². The van der Waals surface area contributed by atoms with Gasteiger partial charge in [-0.2, -0.15) is 0 Å². The van der Waals surface area contributed by atoms with Gasteiger partial charge in [-0.3, -0.25) is 0 Å². The molecular formula is C57H64BN3. The van der Waals surface area contributed by atoms with Crippen LogP contribution < -0.4 is 31.1 Å². The molecule has 4 aliphatic rings. The van der Waals surface area contributed by atoms with Gasteiger partial charge in [-0.05, 0) is 154 Å². The highest BCUT2D eigenvalue weighted by Gasteiger charge is 2.59. The lowest BCUT2D eigenvalue weighted by Gasteiger charge is -2.46. The Morgan fingerprint density at radius 2 is 1.08 bits per heavy atom. The van der Waals surface area contributed by atoms with E-state index in [2.05, 4.69) is 220 Å². The fraction of sp³-hybridized carbons (Fsp3) is 0.368. The molecule has 61 heavy (non-hydrogen) atoms. The van der Waals surface area contributed by atoms with Gasteiger partial charge in [-0.15, -0.1) is 0 Å². The molecular weight excluding hydrogens is 737 g/mol. The standard InChI is InChI=1S/C57H64BN3/c1-36-31-50-52-51(32-36)60(46-27-21-39(33-37(46)2)54(6,7)8)48-28-22-40(55(9,10)11)34-45(48)58(52)44-26-25-42(35-49(44)59(50)41-23-19-38(20-24-41)53(3,4)5)61-47-18-15-14-17-43(47)56(12)29-16-30-57(56,61)13/h14-15,17-28,31-35H,16,29-30H2,1-13H3. The van der Waals surface area contributed by atoms with E-state index in [1.807, 2.05) is 0 Å². The van der Waals surface area contributed by atoms with Crippen LogP contribution in [0.2, 0.25) is 0 Å². The van der Waals surface area contributed by atoms with Crippen LogP contribution in [0.25, 0.3) is 0 Å². The van der Waals surface area contributed by atoms with Crippen molar-refractivity contribution in [3.8, 4) is 0 Å². The minimum Gasteiger partial charge on any atom is -0.334 e. The Bertz CT molecular complexity index is 2760. The number of rotatable bonds is 3. The summed E-state index contributed by atoms with van der Waals surface area (Å²) in [5.41, 5.74) is 22.6. The molecule has 10 rings (SSSR count). The molecule has 3 heterocycles. The summed E-state index contributed by atoms with van der Waals surface area (Å²) in [5, 5.41) is 0. The van der Waals surface area contributed by atoms with E-state index in [0.717, 1.165) is 0 Å². The molecule has 0 spiro atoms. The lowest BCUT2D eigenvalue weighted by Crippen LogP contribution is -2.61. The second-order valence-electron chi connectivity index (χ2n) is 22.4. The van der Waals surface area contributed by atoms with Crippen molar-refractivity contribution in [2.24, 2.45) is 0 Å². The Labute approximate surface area is 366 Å². The Kier molecular flexibility index (Phi) is 8.60. The van der Waals surface area contributed by atoms with Crippen molar-refractivity contribution in [3.63, 3.8) is 0 Å². The first-order valence-corrected chi connectivity index (χ1v) is 22.9. The van der Waals surface area contributed by atoms with E-state index in [-0.39, 0.29) is 33.9 Å². The number of fused-ring (bicyclic) bond motifs is 7. The smallest absolute Gasteiger partial charge is 0.252 e. The third-order valence-electron chi connectivity index (χ3n) is 15.4. The number of para-hydroxylation sites is 1. The highest BCUT2D eigenvalue weighted by Crippen LogP contribution is 2.62. The number of hydrogen-bond donors (Lipinski definition) is 0. The molecule has 4 heteroatoms. The molecule has 6 aromatic rings. The largest absolute Gasteiger partial charge is 0.334 e. The van der Waals surface area contributed by atoms with Gasteiger partial charge in [0.05, 0.1) is 5.54 Å². The summed E-state index contributed by atoms with van der Waals surface area (Å²) >= 11 is 0. The fourth-order valence-electron chi connectivity index (χ4n) is 11.7. The molecule has 0 saturated heterocycles. The molecule has 0 radical (unpaired) electrons. The minimum atomic E-state index is -0.0135. The number of nitrogens with zero attached hydrogens (tertiary/aromatic N) is 3. The van der Waals surface area contributed by atoms with Gasteiger partial charge in [0.2, 0.25) is 0 Å². The predicted molar refractivity (Wildman–Crippen MR) is 264 cm³/mol. The second kappa shape index (κ2) is 13.1. The van der Waals surface area contributed by atoms with Gasteiger partial charge in [0.1, 0.15) is 0 Å². The summed E-state index contributed by atoms with van der Waals surface area (Å²) in [6.07, 6.45) is 3.64. The van der Waals surface area contributed by atoms with Crippen LogP contribution in [0.15, 0.2) is 115 Å². The molecule has 0 amide bonds. The van der Waals surface area contributed by atoms with E-state index >= 15 is 0 Å².